The van der Waals surface area contributed by atoms with Gasteiger partial charge in [-0.05, 0) is 38.8 Å². The minimum Gasteiger partial charge on any atom is -0.384 e. The molecule has 1 saturated heterocycles. The first-order valence-corrected chi connectivity index (χ1v) is 7.66. The highest BCUT2D eigenvalue weighted by Gasteiger charge is 2.13. The summed E-state index contributed by atoms with van der Waals surface area (Å²) in [6, 6.07) is 0. The highest BCUT2D eigenvalue weighted by molar-refractivity contribution is 4.69. The Balaban J connectivity index is 2.02. The standard InChI is InChI=1S/C15H32N2O/c1-4-7-15(14-18-3)8-5-6-9-17-12-10-16(2)11-13-17/h15H,4-14H2,1-3H3/t15-/m1/s1. The van der Waals surface area contributed by atoms with Crippen molar-refractivity contribution < 1.29 is 4.74 Å². The second-order valence-corrected chi connectivity index (χ2v) is 5.75. The molecule has 1 rings (SSSR count). The third-order valence-electron chi connectivity index (χ3n) is 4.03. The van der Waals surface area contributed by atoms with E-state index in [0.717, 1.165) is 12.5 Å². The first-order chi connectivity index (χ1) is 8.76. The minimum absolute atomic E-state index is 0.785. The maximum absolute atomic E-state index is 5.30. The number of likely N-dealkylation sites (N-methyl/N-ethyl adjacent to an activating group) is 1. The summed E-state index contributed by atoms with van der Waals surface area (Å²) in [7, 11) is 4.05. The van der Waals surface area contributed by atoms with E-state index in [-0.39, 0.29) is 0 Å². The van der Waals surface area contributed by atoms with Crippen LogP contribution in [0.25, 0.3) is 0 Å². The number of nitrogens with zero attached hydrogens (tertiary/aromatic N) is 2. The smallest absolute Gasteiger partial charge is 0.0490 e. The molecule has 1 fully saturated rings. The molecular weight excluding hydrogens is 224 g/mol. The molecule has 0 unspecified atom stereocenters. The molecule has 108 valence electrons. The van der Waals surface area contributed by atoms with E-state index in [2.05, 4.69) is 23.8 Å². The zero-order chi connectivity index (χ0) is 13.2. The van der Waals surface area contributed by atoms with E-state index in [9.17, 15) is 0 Å². The van der Waals surface area contributed by atoms with Gasteiger partial charge in [-0.3, -0.25) is 0 Å². The van der Waals surface area contributed by atoms with Crippen LogP contribution in [0.5, 0.6) is 0 Å². The predicted molar refractivity (Wildman–Crippen MR) is 78.1 cm³/mol. The SMILES string of the molecule is CCC[C@H](CCCCN1CCN(C)CC1)COC. The summed E-state index contributed by atoms with van der Waals surface area (Å²) in [6.45, 7) is 9.50. The molecule has 1 atom stereocenters. The fraction of sp³-hybridized carbons (Fsp3) is 1.00. The van der Waals surface area contributed by atoms with Crippen molar-refractivity contribution in [1.82, 2.24) is 9.80 Å². The highest BCUT2D eigenvalue weighted by atomic mass is 16.5. The molecule has 0 bridgehead atoms. The van der Waals surface area contributed by atoms with Gasteiger partial charge in [-0.15, -0.1) is 0 Å². The average molecular weight is 256 g/mol. The summed E-state index contributed by atoms with van der Waals surface area (Å²) < 4.78 is 5.30. The normalized spacial score (nSPS) is 20.2. The molecule has 18 heavy (non-hydrogen) atoms. The van der Waals surface area contributed by atoms with Crippen molar-refractivity contribution in [2.24, 2.45) is 5.92 Å². The van der Waals surface area contributed by atoms with E-state index in [0.29, 0.717) is 0 Å². The molecule has 0 aromatic heterocycles. The molecule has 0 saturated carbocycles. The molecule has 0 aromatic carbocycles. The predicted octanol–water partition coefficient (Wildman–Crippen LogP) is 2.47. The van der Waals surface area contributed by atoms with Crippen LogP contribution in [0.4, 0.5) is 0 Å². The van der Waals surface area contributed by atoms with E-state index in [1.54, 1.807) is 0 Å². The van der Waals surface area contributed by atoms with Gasteiger partial charge in [0.1, 0.15) is 0 Å². The molecule has 0 N–H and O–H groups in total. The number of hydrogen-bond donors (Lipinski definition) is 0. The van der Waals surface area contributed by atoms with Crippen LogP contribution in [0.1, 0.15) is 39.0 Å². The second-order valence-electron chi connectivity index (χ2n) is 5.75. The van der Waals surface area contributed by atoms with Crippen molar-refractivity contribution in [3.8, 4) is 0 Å². The Bertz CT molecular complexity index is 185. The van der Waals surface area contributed by atoms with Crippen molar-refractivity contribution in [2.45, 2.75) is 39.0 Å². The van der Waals surface area contributed by atoms with Crippen molar-refractivity contribution in [3.63, 3.8) is 0 Å². The number of rotatable bonds is 9. The molecule has 0 radical (unpaired) electrons. The second kappa shape index (κ2) is 9.76. The average Bonchev–Trinajstić information content (AvgIpc) is 2.37. The molecule has 0 aliphatic carbocycles. The van der Waals surface area contributed by atoms with Crippen LogP contribution in [0, 0.1) is 5.92 Å². The maximum Gasteiger partial charge on any atom is 0.0490 e. The molecule has 1 heterocycles. The Kier molecular flexibility index (Phi) is 8.64. The van der Waals surface area contributed by atoms with Gasteiger partial charge >= 0.3 is 0 Å². The van der Waals surface area contributed by atoms with E-state index >= 15 is 0 Å². The van der Waals surface area contributed by atoms with Crippen molar-refractivity contribution >= 4 is 0 Å². The minimum atomic E-state index is 0.785. The van der Waals surface area contributed by atoms with Gasteiger partial charge < -0.3 is 14.5 Å². The van der Waals surface area contributed by atoms with Gasteiger partial charge in [0.15, 0.2) is 0 Å². The summed E-state index contributed by atoms with van der Waals surface area (Å²) in [6.07, 6.45) is 6.66. The number of hydrogen-bond acceptors (Lipinski definition) is 3. The number of methoxy groups -OCH3 is 1. The summed E-state index contributed by atoms with van der Waals surface area (Å²) >= 11 is 0. The number of ether oxygens (including phenoxy) is 1. The summed E-state index contributed by atoms with van der Waals surface area (Å²) in [4.78, 5) is 5.04. The Morgan fingerprint density at radius 2 is 1.78 bits per heavy atom. The molecule has 0 spiro atoms. The van der Waals surface area contributed by atoms with Crippen LogP contribution < -0.4 is 0 Å². The van der Waals surface area contributed by atoms with Crippen molar-refractivity contribution in [2.75, 3.05) is 53.5 Å². The van der Waals surface area contributed by atoms with Gasteiger partial charge in [0.05, 0.1) is 0 Å². The van der Waals surface area contributed by atoms with Crippen LogP contribution >= 0.6 is 0 Å². The Morgan fingerprint density at radius 3 is 2.39 bits per heavy atom. The quantitative estimate of drug-likeness (QED) is 0.589. The zero-order valence-corrected chi connectivity index (χ0v) is 12.7. The van der Waals surface area contributed by atoms with Gasteiger partial charge in [-0.2, -0.15) is 0 Å². The number of piperazine rings is 1. The lowest BCUT2D eigenvalue weighted by molar-refractivity contribution is 0.135. The Morgan fingerprint density at radius 1 is 1.06 bits per heavy atom. The molecule has 3 heteroatoms. The van der Waals surface area contributed by atoms with E-state index in [4.69, 9.17) is 4.74 Å². The van der Waals surface area contributed by atoms with E-state index < -0.39 is 0 Å². The molecule has 3 nitrogen and oxygen atoms in total. The highest BCUT2D eigenvalue weighted by Crippen LogP contribution is 2.15. The molecular formula is C15H32N2O. The van der Waals surface area contributed by atoms with Crippen LogP contribution in [-0.4, -0.2) is 63.3 Å². The maximum atomic E-state index is 5.30. The largest absolute Gasteiger partial charge is 0.384 e. The van der Waals surface area contributed by atoms with Crippen molar-refractivity contribution in [1.29, 1.82) is 0 Å². The third-order valence-corrected chi connectivity index (χ3v) is 4.03. The van der Waals surface area contributed by atoms with Gasteiger partial charge in [0, 0.05) is 39.9 Å². The molecule has 0 amide bonds. The van der Waals surface area contributed by atoms with Crippen LogP contribution in [0.3, 0.4) is 0 Å². The molecule has 1 aliphatic heterocycles. The Hall–Kier alpha value is -0.120. The summed E-state index contributed by atoms with van der Waals surface area (Å²) in [5.74, 6) is 0.785. The zero-order valence-electron chi connectivity index (χ0n) is 12.7. The van der Waals surface area contributed by atoms with Crippen LogP contribution in [-0.2, 0) is 4.74 Å². The monoisotopic (exact) mass is 256 g/mol. The molecule has 0 aromatic rings. The number of unbranched alkanes of at least 4 members (excludes halogenated alkanes) is 1. The van der Waals surface area contributed by atoms with Crippen molar-refractivity contribution in [3.05, 3.63) is 0 Å². The third kappa shape index (κ3) is 6.72. The van der Waals surface area contributed by atoms with Crippen LogP contribution in [0.2, 0.25) is 0 Å². The lowest BCUT2D eigenvalue weighted by Crippen LogP contribution is -2.44. The first-order valence-electron chi connectivity index (χ1n) is 7.66. The fourth-order valence-corrected chi connectivity index (χ4v) is 2.79. The Labute approximate surface area is 113 Å². The van der Waals surface area contributed by atoms with Gasteiger partial charge in [0.25, 0.3) is 0 Å². The fourth-order valence-electron chi connectivity index (χ4n) is 2.79. The molecule has 1 aliphatic rings. The topological polar surface area (TPSA) is 15.7 Å². The van der Waals surface area contributed by atoms with Gasteiger partial charge in [-0.25, -0.2) is 0 Å². The van der Waals surface area contributed by atoms with Gasteiger partial charge in [0.2, 0.25) is 0 Å². The lowest BCUT2D eigenvalue weighted by Gasteiger charge is -2.32. The van der Waals surface area contributed by atoms with E-state index in [1.807, 2.05) is 7.11 Å². The first kappa shape index (κ1) is 15.9. The van der Waals surface area contributed by atoms with Crippen LogP contribution in [0.15, 0.2) is 0 Å². The lowest BCUT2D eigenvalue weighted by atomic mass is 9.98. The summed E-state index contributed by atoms with van der Waals surface area (Å²) in [5, 5.41) is 0. The van der Waals surface area contributed by atoms with Gasteiger partial charge in [-0.1, -0.05) is 19.8 Å². The summed E-state index contributed by atoms with van der Waals surface area (Å²) in [5.41, 5.74) is 0. The van der Waals surface area contributed by atoms with E-state index in [1.165, 1.54) is 64.8 Å².